The number of fused-ring (bicyclic) bond motifs is 1. The first-order chi connectivity index (χ1) is 10.9. The molecule has 2 atom stereocenters. The van der Waals surface area contributed by atoms with Gasteiger partial charge in [-0.3, -0.25) is 0 Å². The number of alkyl halides is 3. The van der Waals surface area contributed by atoms with Gasteiger partial charge in [-0.05, 0) is 55.8 Å². The van der Waals surface area contributed by atoms with Crippen LogP contribution in [0.15, 0.2) is 48.5 Å². The number of rotatable bonds is 2. The third-order valence-corrected chi connectivity index (χ3v) is 4.72. The van der Waals surface area contributed by atoms with Gasteiger partial charge in [-0.25, -0.2) is 0 Å². The third kappa shape index (κ3) is 3.13. The molecule has 0 N–H and O–H groups in total. The van der Waals surface area contributed by atoms with Crippen LogP contribution in [-0.4, -0.2) is 19.0 Å². The molecule has 3 rings (SSSR count). The standard InChI is InChI=1S/C19H20F3N/c1-23(2)18-12-11-15(16-5-3-4-6-17(16)18)13-7-9-14(10-8-13)19(20,21)22/h3-10,15,18H,11-12H2,1-2H3. The summed E-state index contributed by atoms with van der Waals surface area (Å²) in [6, 6.07) is 14.3. The van der Waals surface area contributed by atoms with Crippen molar-refractivity contribution in [2.75, 3.05) is 14.1 Å². The Labute approximate surface area is 134 Å². The van der Waals surface area contributed by atoms with Gasteiger partial charge >= 0.3 is 6.18 Å². The van der Waals surface area contributed by atoms with E-state index in [0.29, 0.717) is 6.04 Å². The van der Waals surface area contributed by atoms with Crippen LogP contribution in [0.5, 0.6) is 0 Å². The maximum atomic E-state index is 12.7. The van der Waals surface area contributed by atoms with Gasteiger partial charge in [0.05, 0.1) is 5.56 Å². The highest BCUT2D eigenvalue weighted by Gasteiger charge is 2.32. The van der Waals surface area contributed by atoms with E-state index in [1.54, 1.807) is 12.1 Å². The molecule has 0 aliphatic heterocycles. The monoisotopic (exact) mass is 319 g/mol. The number of hydrogen-bond donors (Lipinski definition) is 0. The maximum Gasteiger partial charge on any atom is 0.416 e. The van der Waals surface area contributed by atoms with Crippen molar-refractivity contribution in [1.29, 1.82) is 0 Å². The Morgan fingerprint density at radius 2 is 1.48 bits per heavy atom. The molecule has 0 bridgehead atoms. The molecule has 0 amide bonds. The molecule has 0 saturated heterocycles. The quantitative estimate of drug-likeness (QED) is 0.732. The minimum absolute atomic E-state index is 0.171. The predicted molar refractivity (Wildman–Crippen MR) is 85.4 cm³/mol. The van der Waals surface area contributed by atoms with Gasteiger partial charge in [0.1, 0.15) is 0 Å². The number of nitrogens with zero attached hydrogens (tertiary/aromatic N) is 1. The average Bonchev–Trinajstić information content (AvgIpc) is 2.53. The van der Waals surface area contributed by atoms with Crippen LogP contribution in [-0.2, 0) is 6.18 Å². The zero-order chi connectivity index (χ0) is 16.6. The van der Waals surface area contributed by atoms with Crippen LogP contribution in [0, 0.1) is 0 Å². The lowest BCUT2D eigenvalue weighted by molar-refractivity contribution is -0.137. The molecule has 2 aromatic carbocycles. The van der Waals surface area contributed by atoms with E-state index in [-0.39, 0.29) is 5.92 Å². The fraction of sp³-hybridized carbons (Fsp3) is 0.368. The second-order valence-electron chi connectivity index (χ2n) is 6.36. The molecule has 2 aromatic rings. The maximum absolute atomic E-state index is 12.7. The summed E-state index contributed by atoms with van der Waals surface area (Å²) in [5, 5.41) is 0. The Morgan fingerprint density at radius 1 is 0.870 bits per heavy atom. The van der Waals surface area contributed by atoms with Crippen molar-refractivity contribution in [3.8, 4) is 0 Å². The molecular formula is C19H20F3N. The molecule has 23 heavy (non-hydrogen) atoms. The van der Waals surface area contributed by atoms with Crippen molar-refractivity contribution in [1.82, 2.24) is 4.90 Å². The van der Waals surface area contributed by atoms with Gasteiger partial charge in [0.15, 0.2) is 0 Å². The normalized spacial score (nSPS) is 21.3. The van der Waals surface area contributed by atoms with Crippen LogP contribution < -0.4 is 0 Å². The summed E-state index contributed by atoms with van der Waals surface area (Å²) in [4.78, 5) is 2.21. The van der Waals surface area contributed by atoms with E-state index < -0.39 is 11.7 Å². The Kier molecular flexibility index (Phi) is 4.19. The minimum Gasteiger partial charge on any atom is -0.302 e. The van der Waals surface area contributed by atoms with Crippen LogP contribution >= 0.6 is 0 Å². The highest BCUT2D eigenvalue weighted by Crippen LogP contribution is 2.43. The van der Waals surface area contributed by atoms with E-state index in [2.05, 4.69) is 31.1 Å². The second-order valence-corrected chi connectivity index (χ2v) is 6.36. The van der Waals surface area contributed by atoms with Crippen LogP contribution in [0.25, 0.3) is 0 Å². The summed E-state index contributed by atoms with van der Waals surface area (Å²) in [6.45, 7) is 0. The van der Waals surface area contributed by atoms with Crippen molar-refractivity contribution in [2.45, 2.75) is 31.0 Å². The highest BCUT2D eigenvalue weighted by atomic mass is 19.4. The van der Waals surface area contributed by atoms with Crippen molar-refractivity contribution < 1.29 is 13.2 Å². The largest absolute Gasteiger partial charge is 0.416 e. The summed E-state index contributed by atoms with van der Waals surface area (Å²) in [5.41, 5.74) is 2.89. The summed E-state index contributed by atoms with van der Waals surface area (Å²) in [5.74, 6) is 0.171. The zero-order valence-corrected chi connectivity index (χ0v) is 13.3. The van der Waals surface area contributed by atoms with Crippen LogP contribution in [0.4, 0.5) is 13.2 Å². The fourth-order valence-corrected chi connectivity index (χ4v) is 3.55. The molecule has 1 aliphatic rings. The van der Waals surface area contributed by atoms with Gasteiger partial charge in [0.25, 0.3) is 0 Å². The van der Waals surface area contributed by atoms with Gasteiger partial charge < -0.3 is 4.90 Å². The molecule has 0 heterocycles. The molecule has 0 fully saturated rings. The highest BCUT2D eigenvalue weighted by molar-refractivity contribution is 5.42. The molecule has 0 radical (unpaired) electrons. The topological polar surface area (TPSA) is 3.24 Å². The Balaban J connectivity index is 1.96. The van der Waals surface area contributed by atoms with Gasteiger partial charge in [-0.15, -0.1) is 0 Å². The number of halogens is 3. The van der Waals surface area contributed by atoms with E-state index in [1.165, 1.54) is 23.3 Å². The first kappa shape index (κ1) is 16.1. The van der Waals surface area contributed by atoms with Gasteiger partial charge in [-0.2, -0.15) is 13.2 Å². The van der Waals surface area contributed by atoms with E-state index in [4.69, 9.17) is 0 Å². The Hall–Kier alpha value is -1.81. The van der Waals surface area contributed by atoms with Crippen molar-refractivity contribution in [2.24, 2.45) is 0 Å². The summed E-state index contributed by atoms with van der Waals surface area (Å²) in [6.07, 6.45) is -2.32. The van der Waals surface area contributed by atoms with Crippen LogP contribution in [0.1, 0.15) is 47.1 Å². The molecule has 122 valence electrons. The molecule has 4 heteroatoms. The fourth-order valence-electron chi connectivity index (χ4n) is 3.55. The number of hydrogen-bond acceptors (Lipinski definition) is 1. The predicted octanol–water partition coefficient (Wildman–Crippen LogP) is 5.23. The van der Waals surface area contributed by atoms with E-state index in [0.717, 1.165) is 18.4 Å². The Morgan fingerprint density at radius 3 is 2.04 bits per heavy atom. The molecule has 1 nitrogen and oxygen atoms in total. The van der Waals surface area contributed by atoms with Crippen LogP contribution in [0.3, 0.4) is 0 Å². The van der Waals surface area contributed by atoms with Gasteiger partial charge in [-0.1, -0.05) is 36.4 Å². The lowest BCUT2D eigenvalue weighted by Crippen LogP contribution is -2.26. The smallest absolute Gasteiger partial charge is 0.302 e. The molecule has 0 saturated carbocycles. The van der Waals surface area contributed by atoms with Gasteiger partial charge in [0.2, 0.25) is 0 Å². The molecule has 2 unspecified atom stereocenters. The molecule has 0 spiro atoms. The summed E-state index contributed by atoms with van der Waals surface area (Å²) in [7, 11) is 4.14. The third-order valence-electron chi connectivity index (χ3n) is 4.72. The second kappa shape index (κ2) is 6.00. The van der Waals surface area contributed by atoms with Crippen LogP contribution in [0.2, 0.25) is 0 Å². The van der Waals surface area contributed by atoms with E-state index in [9.17, 15) is 13.2 Å². The first-order valence-corrected chi connectivity index (χ1v) is 7.80. The molecule has 0 aromatic heterocycles. The lowest BCUT2D eigenvalue weighted by atomic mass is 9.76. The van der Waals surface area contributed by atoms with Crippen molar-refractivity contribution >= 4 is 0 Å². The van der Waals surface area contributed by atoms with Crippen molar-refractivity contribution in [3.05, 3.63) is 70.8 Å². The van der Waals surface area contributed by atoms with E-state index >= 15 is 0 Å². The SMILES string of the molecule is CN(C)C1CCC(c2ccc(C(F)(F)F)cc2)c2ccccc21. The lowest BCUT2D eigenvalue weighted by Gasteiger charge is -2.35. The first-order valence-electron chi connectivity index (χ1n) is 7.80. The van der Waals surface area contributed by atoms with E-state index in [1.807, 2.05) is 12.1 Å². The number of benzene rings is 2. The summed E-state index contributed by atoms with van der Waals surface area (Å²) >= 11 is 0. The molecular weight excluding hydrogens is 299 g/mol. The Bertz CT molecular complexity index is 674. The average molecular weight is 319 g/mol. The summed E-state index contributed by atoms with van der Waals surface area (Å²) < 4.78 is 38.2. The molecule has 1 aliphatic carbocycles. The van der Waals surface area contributed by atoms with Gasteiger partial charge in [0, 0.05) is 12.0 Å². The van der Waals surface area contributed by atoms with Crippen molar-refractivity contribution in [3.63, 3.8) is 0 Å². The zero-order valence-electron chi connectivity index (χ0n) is 13.3. The minimum atomic E-state index is -4.28.